The molecular weight excluding hydrogens is 420 g/mol. The van der Waals surface area contributed by atoms with E-state index < -0.39 is 0 Å². The SMILES string of the molecule is CC1(C(=O)N2CCC(c3ccc(-c4onc5ccc(/C(N)=N/NN)cc45)cc3)CC2)COC1. The van der Waals surface area contributed by atoms with Crippen LogP contribution in [0.4, 0.5) is 0 Å². The first kappa shape index (κ1) is 21.4. The molecule has 2 aliphatic rings. The fraction of sp³-hybridized carbons (Fsp3) is 0.375. The number of hydrogen-bond donors (Lipinski definition) is 3. The summed E-state index contributed by atoms with van der Waals surface area (Å²) in [5.41, 5.74) is 11.5. The number of amidine groups is 1. The zero-order valence-corrected chi connectivity index (χ0v) is 18.6. The van der Waals surface area contributed by atoms with Crippen LogP contribution < -0.4 is 17.1 Å². The second-order valence-electron chi connectivity index (χ2n) is 9.11. The molecule has 2 saturated heterocycles. The molecule has 2 aromatic carbocycles. The van der Waals surface area contributed by atoms with Gasteiger partial charge in [0.2, 0.25) is 5.91 Å². The molecule has 5 rings (SSSR count). The number of nitrogens with zero attached hydrogens (tertiary/aromatic N) is 3. The highest BCUT2D eigenvalue weighted by atomic mass is 16.5. The summed E-state index contributed by atoms with van der Waals surface area (Å²) >= 11 is 0. The van der Waals surface area contributed by atoms with Crippen molar-refractivity contribution in [3.05, 3.63) is 53.6 Å². The summed E-state index contributed by atoms with van der Waals surface area (Å²) in [4.78, 5) is 14.7. The first-order chi connectivity index (χ1) is 16.0. The van der Waals surface area contributed by atoms with E-state index in [1.165, 1.54) is 5.56 Å². The second kappa shape index (κ2) is 8.49. The zero-order chi connectivity index (χ0) is 23.0. The summed E-state index contributed by atoms with van der Waals surface area (Å²) in [6, 6.07) is 14.0. The van der Waals surface area contributed by atoms with Gasteiger partial charge in [-0.1, -0.05) is 29.4 Å². The van der Waals surface area contributed by atoms with Crippen LogP contribution in [-0.2, 0) is 9.53 Å². The van der Waals surface area contributed by atoms with Gasteiger partial charge in [0.05, 0.1) is 24.0 Å². The van der Waals surface area contributed by atoms with Gasteiger partial charge < -0.3 is 19.9 Å². The minimum absolute atomic E-state index is 0.229. The van der Waals surface area contributed by atoms with Crippen LogP contribution in [0.3, 0.4) is 0 Å². The maximum atomic E-state index is 12.7. The van der Waals surface area contributed by atoms with Gasteiger partial charge in [-0.25, -0.2) is 11.4 Å². The smallest absolute Gasteiger partial charge is 0.233 e. The Bertz CT molecular complexity index is 1190. The highest BCUT2D eigenvalue weighted by Gasteiger charge is 2.44. The number of nitrogens with one attached hydrogen (secondary N) is 1. The molecule has 3 aromatic rings. The quantitative estimate of drug-likeness (QED) is 0.236. The third-order valence-corrected chi connectivity index (χ3v) is 6.74. The minimum Gasteiger partial charge on any atom is -0.382 e. The Kier molecular flexibility index (Phi) is 5.51. The van der Waals surface area contributed by atoms with Gasteiger partial charge in [-0.05, 0) is 49.4 Å². The molecule has 1 aromatic heterocycles. The second-order valence-corrected chi connectivity index (χ2v) is 9.11. The number of carbonyl (C=O) groups is 1. The lowest BCUT2D eigenvalue weighted by molar-refractivity contribution is -0.169. The fourth-order valence-electron chi connectivity index (χ4n) is 4.68. The van der Waals surface area contributed by atoms with Crippen LogP contribution in [0, 0.1) is 5.41 Å². The molecule has 0 spiro atoms. The van der Waals surface area contributed by atoms with Gasteiger partial charge in [0.1, 0.15) is 5.52 Å². The number of carbonyl (C=O) groups excluding carboxylic acids is 1. The van der Waals surface area contributed by atoms with Crippen molar-refractivity contribution in [1.82, 2.24) is 15.6 Å². The van der Waals surface area contributed by atoms with Crippen molar-refractivity contribution in [1.29, 1.82) is 0 Å². The largest absolute Gasteiger partial charge is 0.382 e. The summed E-state index contributed by atoms with van der Waals surface area (Å²) in [5.74, 6) is 6.87. The van der Waals surface area contributed by atoms with Crippen molar-refractivity contribution >= 4 is 22.6 Å². The summed E-state index contributed by atoms with van der Waals surface area (Å²) in [5, 5.41) is 8.85. The van der Waals surface area contributed by atoms with Crippen LogP contribution in [0.2, 0.25) is 0 Å². The fourth-order valence-corrected chi connectivity index (χ4v) is 4.68. The highest BCUT2D eigenvalue weighted by molar-refractivity contribution is 6.02. The molecule has 1 amide bonds. The van der Waals surface area contributed by atoms with E-state index in [0.717, 1.165) is 48.0 Å². The third kappa shape index (κ3) is 3.94. The van der Waals surface area contributed by atoms with Crippen molar-refractivity contribution in [2.45, 2.75) is 25.7 Å². The van der Waals surface area contributed by atoms with E-state index in [-0.39, 0.29) is 17.2 Å². The topological polar surface area (TPSA) is 132 Å². The van der Waals surface area contributed by atoms with E-state index in [1.54, 1.807) is 0 Å². The van der Waals surface area contributed by atoms with Crippen LogP contribution in [0.15, 0.2) is 52.1 Å². The molecule has 9 heteroatoms. The van der Waals surface area contributed by atoms with Crippen molar-refractivity contribution in [2.24, 2.45) is 22.1 Å². The van der Waals surface area contributed by atoms with Crippen molar-refractivity contribution in [2.75, 3.05) is 26.3 Å². The number of fused-ring (bicyclic) bond motifs is 1. The number of nitrogens with two attached hydrogens (primary N) is 2. The lowest BCUT2D eigenvalue weighted by Crippen LogP contribution is -2.54. The predicted molar refractivity (Wildman–Crippen MR) is 125 cm³/mol. The molecule has 9 nitrogen and oxygen atoms in total. The van der Waals surface area contributed by atoms with Crippen molar-refractivity contribution in [3.8, 4) is 11.3 Å². The highest BCUT2D eigenvalue weighted by Crippen LogP contribution is 2.35. The van der Waals surface area contributed by atoms with Gasteiger partial charge >= 0.3 is 0 Å². The molecule has 0 radical (unpaired) electrons. The van der Waals surface area contributed by atoms with E-state index >= 15 is 0 Å². The first-order valence-electron chi connectivity index (χ1n) is 11.1. The van der Waals surface area contributed by atoms with Gasteiger partial charge in [-0.15, -0.1) is 5.10 Å². The van der Waals surface area contributed by atoms with Crippen molar-refractivity contribution < 1.29 is 14.1 Å². The van der Waals surface area contributed by atoms with Gasteiger partial charge in [-0.2, -0.15) is 0 Å². The summed E-state index contributed by atoms with van der Waals surface area (Å²) in [6.45, 7) is 4.65. The molecule has 0 bridgehead atoms. The van der Waals surface area contributed by atoms with Crippen molar-refractivity contribution in [3.63, 3.8) is 0 Å². The number of ether oxygens (including phenoxy) is 1. The summed E-state index contributed by atoms with van der Waals surface area (Å²) in [7, 11) is 0. The van der Waals surface area contributed by atoms with Gasteiger partial charge in [0, 0.05) is 24.2 Å². The molecule has 0 aliphatic carbocycles. The average molecular weight is 449 g/mol. The summed E-state index contributed by atoms with van der Waals surface area (Å²) in [6.07, 6.45) is 1.93. The number of benzene rings is 2. The molecule has 2 aliphatic heterocycles. The van der Waals surface area contributed by atoms with E-state index in [9.17, 15) is 4.79 Å². The van der Waals surface area contributed by atoms with E-state index in [0.29, 0.717) is 24.9 Å². The predicted octanol–water partition coefficient (Wildman–Crippen LogP) is 2.32. The van der Waals surface area contributed by atoms with Gasteiger partial charge in [0.15, 0.2) is 11.6 Å². The number of hydrazone groups is 1. The monoisotopic (exact) mass is 448 g/mol. The normalized spacial score (nSPS) is 18.8. The van der Waals surface area contributed by atoms with Gasteiger partial charge in [0.25, 0.3) is 0 Å². The van der Waals surface area contributed by atoms with E-state index in [4.69, 9.17) is 20.8 Å². The Morgan fingerprint density at radius 2 is 1.91 bits per heavy atom. The standard InChI is InChI=1S/C24H28N6O3/c1-24(13-32-14-24)23(31)30-10-8-16(9-11-30)15-2-4-17(5-3-15)21-19-12-18(22(25)27-29-26)6-7-20(19)28-33-21/h2-7,12,16,29H,8-11,13-14,26H2,1H3,(H2,25,27). The average Bonchev–Trinajstić information content (AvgIpc) is 3.26. The van der Waals surface area contributed by atoms with Crippen LogP contribution in [-0.4, -0.2) is 48.1 Å². The molecule has 172 valence electrons. The molecule has 3 heterocycles. The maximum Gasteiger partial charge on any atom is 0.233 e. The number of likely N-dealkylation sites (tertiary alicyclic amines) is 1. The maximum absolute atomic E-state index is 12.7. The Labute approximate surface area is 191 Å². The Morgan fingerprint density at radius 1 is 1.18 bits per heavy atom. The Balaban J connectivity index is 1.30. The van der Waals surface area contributed by atoms with Crippen LogP contribution in [0.5, 0.6) is 0 Å². The van der Waals surface area contributed by atoms with Crippen LogP contribution >= 0.6 is 0 Å². The number of amides is 1. The zero-order valence-electron chi connectivity index (χ0n) is 18.6. The number of hydrogen-bond acceptors (Lipinski definition) is 7. The Morgan fingerprint density at radius 3 is 2.55 bits per heavy atom. The lowest BCUT2D eigenvalue weighted by Gasteiger charge is -2.42. The molecule has 0 atom stereocenters. The minimum atomic E-state index is -0.328. The van der Waals surface area contributed by atoms with E-state index in [1.807, 2.05) is 30.0 Å². The number of rotatable bonds is 5. The summed E-state index contributed by atoms with van der Waals surface area (Å²) < 4.78 is 10.9. The number of piperidine rings is 1. The molecule has 5 N–H and O–H groups in total. The van der Waals surface area contributed by atoms with Crippen LogP contribution in [0.1, 0.15) is 36.8 Å². The first-order valence-corrected chi connectivity index (χ1v) is 11.1. The number of hydrazine groups is 1. The lowest BCUT2D eigenvalue weighted by atomic mass is 9.84. The van der Waals surface area contributed by atoms with Crippen LogP contribution in [0.25, 0.3) is 22.2 Å². The molecule has 2 fully saturated rings. The van der Waals surface area contributed by atoms with E-state index in [2.05, 4.69) is 40.1 Å². The van der Waals surface area contributed by atoms with Gasteiger partial charge in [-0.3, -0.25) is 4.79 Å². The molecular formula is C24H28N6O3. The Hall–Kier alpha value is -3.43. The molecule has 33 heavy (non-hydrogen) atoms. The third-order valence-electron chi connectivity index (χ3n) is 6.74. The number of aromatic nitrogens is 1. The molecule has 0 saturated carbocycles. The molecule has 0 unspecified atom stereocenters.